The van der Waals surface area contributed by atoms with Gasteiger partial charge in [0, 0.05) is 5.56 Å². The third kappa shape index (κ3) is 4.37. The van der Waals surface area contributed by atoms with Crippen LogP contribution in [0.5, 0.6) is 0 Å². The number of thiazole rings is 1. The van der Waals surface area contributed by atoms with Gasteiger partial charge in [-0.1, -0.05) is 41.2 Å². The van der Waals surface area contributed by atoms with Gasteiger partial charge in [-0.15, -0.1) is 0 Å². The Morgan fingerprint density at radius 2 is 1.78 bits per heavy atom. The summed E-state index contributed by atoms with van der Waals surface area (Å²) in [5.41, 5.74) is 4.01. The number of carbonyl (C=O) groups is 1. The molecule has 0 spiro atoms. The Balaban J connectivity index is 1.96. The molecule has 0 saturated heterocycles. The number of anilines is 1. The second-order valence-corrected chi connectivity index (χ2v) is 7.96. The molecule has 0 atom stereocenters. The first kappa shape index (κ1) is 19.5. The van der Waals surface area contributed by atoms with Crippen molar-refractivity contribution in [1.29, 1.82) is 0 Å². The highest BCUT2D eigenvalue weighted by atomic mass is 32.1. The van der Waals surface area contributed by atoms with Gasteiger partial charge in [0.2, 0.25) is 0 Å². The maximum atomic E-state index is 13.3. The second kappa shape index (κ2) is 8.63. The van der Waals surface area contributed by atoms with Gasteiger partial charge in [0.1, 0.15) is 0 Å². The molecule has 1 amide bonds. The number of nitrogens with zero attached hydrogens (tertiary/aromatic N) is 2. The lowest BCUT2D eigenvalue weighted by Gasteiger charge is -2.23. The van der Waals surface area contributed by atoms with Gasteiger partial charge in [-0.2, -0.15) is 0 Å². The zero-order chi connectivity index (χ0) is 19.4. The quantitative estimate of drug-likeness (QED) is 0.679. The maximum Gasteiger partial charge on any atom is 0.260 e. The fourth-order valence-electron chi connectivity index (χ4n) is 3.20. The van der Waals surface area contributed by atoms with Crippen LogP contribution in [0.4, 0.5) is 5.13 Å². The van der Waals surface area contributed by atoms with Gasteiger partial charge in [0.15, 0.2) is 5.13 Å². The van der Waals surface area contributed by atoms with E-state index in [1.807, 2.05) is 42.2 Å². The van der Waals surface area contributed by atoms with Gasteiger partial charge in [-0.25, -0.2) is 4.98 Å². The monoisotopic (exact) mass is 382 g/mol. The fraction of sp³-hybridized carbons (Fsp3) is 0.364. The van der Waals surface area contributed by atoms with E-state index in [-0.39, 0.29) is 5.91 Å². The number of likely N-dealkylation sites (N-methyl/N-ethyl adjacent to an activating group) is 1. The van der Waals surface area contributed by atoms with Crippen LogP contribution in [0, 0.1) is 13.8 Å². The Bertz CT molecular complexity index is 913. The first-order chi connectivity index (χ1) is 13.0. The molecular formula is C22H28N3OS+. The van der Waals surface area contributed by atoms with E-state index in [1.54, 1.807) is 11.3 Å². The van der Waals surface area contributed by atoms with Crippen LogP contribution in [0.3, 0.4) is 0 Å². The zero-order valence-electron chi connectivity index (χ0n) is 16.6. The summed E-state index contributed by atoms with van der Waals surface area (Å²) in [6.45, 7) is 12.2. The Hall–Kier alpha value is -2.24. The van der Waals surface area contributed by atoms with Crippen molar-refractivity contribution in [3.63, 3.8) is 0 Å². The first-order valence-corrected chi connectivity index (χ1v) is 10.4. The van der Waals surface area contributed by atoms with Crippen LogP contribution < -0.4 is 9.80 Å². The van der Waals surface area contributed by atoms with Crippen molar-refractivity contribution in [3.8, 4) is 0 Å². The molecule has 27 heavy (non-hydrogen) atoms. The molecule has 0 aliphatic rings. The van der Waals surface area contributed by atoms with E-state index in [9.17, 15) is 4.79 Å². The zero-order valence-corrected chi connectivity index (χ0v) is 17.4. The summed E-state index contributed by atoms with van der Waals surface area (Å²) >= 11 is 1.60. The molecule has 0 bridgehead atoms. The van der Waals surface area contributed by atoms with E-state index in [4.69, 9.17) is 4.98 Å². The van der Waals surface area contributed by atoms with Crippen LogP contribution in [-0.4, -0.2) is 37.1 Å². The molecule has 0 aliphatic carbocycles. The van der Waals surface area contributed by atoms with Crippen molar-refractivity contribution in [1.82, 2.24) is 4.98 Å². The van der Waals surface area contributed by atoms with Crippen molar-refractivity contribution in [3.05, 3.63) is 59.2 Å². The smallest absolute Gasteiger partial charge is 0.260 e. The highest BCUT2D eigenvalue weighted by Gasteiger charge is 2.23. The average molecular weight is 383 g/mol. The lowest BCUT2D eigenvalue weighted by atomic mass is 10.1. The van der Waals surface area contributed by atoms with Gasteiger partial charge in [0.05, 0.1) is 36.4 Å². The topological polar surface area (TPSA) is 37.6 Å². The molecule has 142 valence electrons. The number of carbonyl (C=O) groups excluding carboxylic acids is 1. The molecule has 0 saturated carbocycles. The van der Waals surface area contributed by atoms with Crippen molar-refractivity contribution in [2.24, 2.45) is 0 Å². The summed E-state index contributed by atoms with van der Waals surface area (Å²) in [5, 5.41) is 0.788. The van der Waals surface area contributed by atoms with Crippen LogP contribution in [-0.2, 0) is 0 Å². The molecule has 4 nitrogen and oxygen atoms in total. The van der Waals surface area contributed by atoms with Crippen LogP contribution in [0.25, 0.3) is 10.2 Å². The largest absolute Gasteiger partial charge is 0.334 e. The van der Waals surface area contributed by atoms with E-state index in [0.717, 1.165) is 46.1 Å². The Morgan fingerprint density at radius 3 is 2.41 bits per heavy atom. The van der Waals surface area contributed by atoms with E-state index >= 15 is 0 Å². The van der Waals surface area contributed by atoms with E-state index in [2.05, 4.69) is 32.9 Å². The number of quaternary nitrogens is 1. The number of aromatic nitrogens is 1. The molecule has 0 unspecified atom stereocenters. The number of fused-ring (bicyclic) bond motifs is 1. The molecule has 5 heteroatoms. The van der Waals surface area contributed by atoms with Crippen molar-refractivity contribution < 1.29 is 9.69 Å². The number of nitrogens with one attached hydrogen (secondary N) is 1. The minimum Gasteiger partial charge on any atom is -0.334 e. The summed E-state index contributed by atoms with van der Waals surface area (Å²) in [6, 6.07) is 14.0. The van der Waals surface area contributed by atoms with E-state index < -0.39 is 0 Å². The highest BCUT2D eigenvalue weighted by Crippen LogP contribution is 2.31. The number of para-hydroxylation sites is 1. The average Bonchev–Trinajstić information content (AvgIpc) is 3.11. The van der Waals surface area contributed by atoms with Gasteiger partial charge in [-0.3, -0.25) is 9.69 Å². The van der Waals surface area contributed by atoms with E-state index in [1.165, 1.54) is 4.90 Å². The predicted octanol–water partition coefficient (Wildman–Crippen LogP) is 3.48. The van der Waals surface area contributed by atoms with Crippen LogP contribution >= 0.6 is 11.3 Å². The summed E-state index contributed by atoms with van der Waals surface area (Å²) < 4.78 is 1.13. The normalized spacial score (nSPS) is 11.3. The summed E-state index contributed by atoms with van der Waals surface area (Å²) in [5.74, 6) is 0.0262. The standard InChI is InChI=1S/C22H27N3OS/c1-5-24(6-2)14-15-25(21(26)18-12-10-16(3)11-13-18)22-23-20-17(4)8-7-9-19(20)27-22/h7-13H,5-6,14-15H2,1-4H3/p+1. The number of hydrogen-bond acceptors (Lipinski definition) is 3. The second-order valence-electron chi connectivity index (χ2n) is 6.95. The number of amides is 1. The van der Waals surface area contributed by atoms with Crippen molar-refractivity contribution in [2.75, 3.05) is 31.1 Å². The summed E-state index contributed by atoms with van der Waals surface area (Å²) in [7, 11) is 0. The van der Waals surface area contributed by atoms with Gasteiger partial charge in [0.25, 0.3) is 5.91 Å². The number of hydrogen-bond donors (Lipinski definition) is 1. The van der Waals surface area contributed by atoms with Crippen LogP contribution in [0.2, 0.25) is 0 Å². The number of aryl methyl sites for hydroxylation is 2. The number of benzene rings is 2. The maximum absolute atomic E-state index is 13.3. The minimum absolute atomic E-state index is 0.0262. The van der Waals surface area contributed by atoms with Gasteiger partial charge < -0.3 is 4.90 Å². The van der Waals surface area contributed by atoms with Crippen LogP contribution in [0.1, 0.15) is 35.3 Å². The third-order valence-corrected chi connectivity index (χ3v) is 6.12. The molecule has 1 aromatic heterocycles. The van der Waals surface area contributed by atoms with Crippen molar-refractivity contribution in [2.45, 2.75) is 27.7 Å². The molecule has 0 fully saturated rings. The minimum atomic E-state index is 0.0262. The lowest BCUT2D eigenvalue weighted by Crippen LogP contribution is -3.12. The Kier molecular flexibility index (Phi) is 6.24. The van der Waals surface area contributed by atoms with Gasteiger partial charge >= 0.3 is 0 Å². The molecule has 2 aromatic carbocycles. The fourth-order valence-corrected chi connectivity index (χ4v) is 4.27. The van der Waals surface area contributed by atoms with Crippen molar-refractivity contribution >= 4 is 32.6 Å². The summed E-state index contributed by atoms with van der Waals surface area (Å²) in [6.07, 6.45) is 0. The Morgan fingerprint density at radius 1 is 1.07 bits per heavy atom. The molecule has 3 rings (SSSR count). The summed E-state index contributed by atoms with van der Waals surface area (Å²) in [4.78, 5) is 21.5. The molecular weight excluding hydrogens is 354 g/mol. The SMILES string of the molecule is CC[NH+](CC)CCN(C(=O)c1ccc(C)cc1)c1nc2c(C)cccc2s1. The molecule has 1 N–H and O–H groups in total. The Labute approximate surface area is 165 Å². The van der Waals surface area contributed by atoms with Crippen LogP contribution in [0.15, 0.2) is 42.5 Å². The molecule has 1 heterocycles. The molecule has 0 radical (unpaired) electrons. The van der Waals surface area contributed by atoms with Gasteiger partial charge in [-0.05, 0) is 51.5 Å². The third-order valence-electron chi connectivity index (χ3n) is 5.07. The van der Waals surface area contributed by atoms with E-state index in [0.29, 0.717) is 12.1 Å². The molecule has 3 aromatic rings. The first-order valence-electron chi connectivity index (χ1n) is 9.61. The predicted molar refractivity (Wildman–Crippen MR) is 114 cm³/mol. The molecule has 0 aliphatic heterocycles. The number of rotatable bonds is 7. The lowest BCUT2D eigenvalue weighted by molar-refractivity contribution is -0.894. The highest BCUT2D eigenvalue weighted by molar-refractivity contribution is 7.22.